The van der Waals surface area contributed by atoms with Crippen LogP contribution in [0.3, 0.4) is 0 Å². The average Bonchev–Trinajstić information content (AvgIpc) is 2.69. The molecule has 0 aliphatic carbocycles. The highest BCUT2D eigenvalue weighted by molar-refractivity contribution is 7.80. The average molecular weight is 341 g/mol. The van der Waals surface area contributed by atoms with Gasteiger partial charge in [-0.25, -0.2) is 4.79 Å². The van der Waals surface area contributed by atoms with E-state index in [2.05, 4.69) is 5.32 Å². The quantitative estimate of drug-likeness (QED) is 0.797. The predicted octanol–water partition coefficient (Wildman–Crippen LogP) is 2.13. The smallest absolute Gasteiger partial charge is 0.410 e. The van der Waals surface area contributed by atoms with Crippen LogP contribution in [0.15, 0.2) is 0 Å². The fourth-order valence-electron chi connectivity index (χ4n) is 2.98. The Labute approximate surface area is 143 Å². The Kier molecular flexibility index (Phi) is 5.49. The maximum absolute atomic E-state index is 12.2. The second-order valence-corrected chi connectivity index (χ2v) is 7.77. The van der Waals surface area contributed by atoms with Gasteiger partial charge in [0.2, 0.25) is 0 Å². The Balaban J connectivity index is 1.84. The molecule has 130 valence electrons. The number of amides is 2. The van der Waals surface area contributed by atoms with Gasteiger partial charge >= 0.3 is 6.09 Å². The summed E-state index contributed by atoms with van der Waals surface area (Å²) < 4.78 is 5.44. The molecule has 0 radical (unpaired) electrons. The van der Waals surface area contributed by atoms with Crippen LogP contribution in [-0.2, 0) is 9.53 Å². The number of hydrogen-bond donors (Lipinski definition) is 1. The lowest BCUT2D eigenvalue weighted by molar-refractivity contribution is -0.126. The Hall–Kier alpha value is -1.37. The van der Waals surface area contributed by atoms with E-state index in [1.807, 2.05) is 27.7 Å². The Morgan fingerprint density at radius 2 is 2.13 bits per heavy atom. The van der Waals surface area contributed by atoms with Crippen molar-refractivity contribution >= 4 is 29.3 Å². The molecule has 0 bridgehead atoms. The molecular weight excluding hydrogens is 314 g/mol. The van der Waals surface area contributed by atoms with Gasteiger partial charge in [-0.05, 0) is 65.1 Å². The van der Waals surface area contributed by atoms with Crippen LogP contribution in [0.5, 0.6) is 0 Å². The molecule has 2 rings (SSSR count). The minimum Gasteiger partial charge on any atom is -0.444 e. The van der Waals surface area contributed by atoms with Crippen LogP contribution in [0.2, 0.25) is 0 Å². The van der Waals surface area contributed by atoms with Crippen molar-refractivity contribution < 1.29 is 14.3 Å². The summed E-state index contributed by atoms with van der Waals surface area (Å²) in [5.74, 6) is 0.414. The zero-order chi connectivity index (χ0) is 17.2. The van der Waals surface area contributed by atoms with Crippen molar-refractivity contribution in [3.63, 3.8) is 0 Å². The van der Waals surface area contributed by atoms with Crippen molar-refractivity contribution in [1.29, 1.82) is 0 Å². The molecule has 2 saturated heterocycles. The second-order valence-electron chi connectivity index (χ2n) is 7.38. The Morgan fingerprint density at radius 3 is 2.70 bits per heavy atom. The molecule has 6 nitrogen and oxygen atoms in total. The first-order valence-corrected chi connectivity index (χ1v) is 8.68. The highest BCUT2D eigenvalue weighted by Crippen LogP contribution is 2.22. The van der Waals surface area contributed by atoms with Crippen molar-refractivity contribution in [3.05, 3.63) is 0 Å². The number of carbonyl (C=O) groups excluding carboxylic acids is 2. The first-order chi connectivity index (χ1) is 10.7. The molecule has 7 heteroatoms. The lowest BCUT2D eigenvalue weighted by Crippen LogP contribution is -2.43. The topological polar surface area (TPSA) is 61.9 Å². The highest BCUT2D eigenvalue weighted by atomic mass is 32.1. The zero-order valence-electron chi connectivity index (χ0n) is 14.4. The van der Waals surface area contributed by atoms with Gasteiger partial charge in [-0.15, -0.1) is 0 Å². The van der Waals surface area contributed by atoms with Crippen molar-refractivity contribution in [2.45, 2.75) is 58.6 Å². The molecule has 2 heterocycles. The van der Waals surface area contributed by atoms with Gasteiger partial charge in [0.05, 0.1) is 0 Å². The number of thiocarbonyl (C=S) groups is 1. The van der Waals surface area contributed by atoms with Crippen molar-refractivity contribution in [1.82, 2.24) is 15.1 Å². The third-order valence-electron chi connectivity index (χ3n) is 4.15. The zero-order valence-corrected chi connectivity index (χ0v) is 15.2. The van der Waals surface area contributed by atoms with E-state index in [4.69, 9.17) is 17.0 Å². The van der Waals surface area contributed by atoms with Gasteiger partial charge in [-0.2, -0.15) is 0 Å². The molecule has 2 amide bonds. The molecule has 0 aromatic heterocycles. The largest absolute Gasteiger partial charge is 0.444 e. The van der Waals surface area contributed by atoms with Gasteiger partial charge in [0.25, 0.3) is 5.91 Å². The molecule has 0 spiro atoms. The third-order valence-corrected chi connectivity index (χ3v) is 4.49. The van der Waals surface area contributed by atoms with E-state index in [0.29, 0.717) is 24.1 Å². The summed E-state index contributed by atoms with van der Waals surface area (Å²) in [6, 6.07) is -0.230. The molecule has 0 aromatic carbocycles. The molecule has 0 aromatic rings. The van der Waals surface area contributed by atoms with Crippen LogP contribution in [0, 0.1) is 5.92 Å². The van der Waals surface area contributed by atoms with E-state index < -0.39 is 5.60 Å². The standard InChI is InChI=1S/C16H27N3O3S/c1-11-13(20)19(14(23)17-11)9-7-12-6-5-8-18(10-12)15(21)22-16(2,3)4/h11-12H,5-10H2,1-4H3,(H,17,23)/t11-,12+/m1/s1. The summed E-state index contributed by atoms with van der Waals surface area (Å²) in [6.07, 6.45) is 2.64. The maximum atomic E-state index is 12.2. The van der Waals surface area contributed by atoms with Gasteiger partial charge in [0.15, 0.2) is 5.11 Å². The SMILES string of the molecule is C[C@H]1NC(=S)N(CC[C@@H]2CCCN(C(=O)OC(C)(C)C)C2)C1=O. The van der Waals surface area contributed by atoms with Gasteiger partial charge < -0.3 is 15.0 Å². The van der Waals surface area contributed by atoms with Gasteiger partial charge in [-0.3, -0.25) is 9.69 Å². The summed E-state index contributed by atoms with van der Waals surface area (Å²) in [4.78, 5) is 27.6. The van der Waals surface area contributed by atoms with Gasteiger partial charge in [-0.1, -0.05) is 0 Å². The molecule has 2 atom stereocenters. The Morgan fingerprint density at radius 1 is 1.43 bits per heavy atom. The predicted molar refractivity (Wildman–Crippen MR) is 92.1 cm³/mol. The lowest BCUT2D eigenvalue weighted by atomic mass is 9.95. The summed E-state index contributed by atoms with van der Waals surface area (Å²) >= 11 is 5.20. The molecular formula is C16H27N3O3S. The van der Waals surface area contributed by atoms with Crippen LogP contribution in [0.25, 0.3) is 0 Å². The third kappa shape index (κ3) is 4.80. The highest BCUT2D eigenvalue weighted by Gasteiger charge is 2.33. The van der Waals surface area contributed by atoms with E-state index in [1.165, 1.54) is 0 Å². The molecule has 2 fully saturated rings. The Bertz CT molecular complexity index is 489. The number of likely N-dealkylation sites (tertiary alicyclic amines) is 1. The molecule has 2 aliphatic heterocycles. The fraction of sp³-hybridized carbons (Fsp3) is 0.812. The molecule has 23 heavy (non-hydrogen) atoms. The lowest BCUT2D eigenvalue weighted by Gasteiger charge is -2.34. The van der Waals surface area contributed by atoms with Crippen molar-refractivity contribution in [3.8, 4) is 0 Å². The fourth-order valence-corrected chi connectivity index (χ4v) is 3.33. The van der Waals surface area contributed by atoms with E-state index in [-0.39, 0.29) is 18.0 Å². The number of carbonyl (C=O) groups is 2. The van der Waals surface area contributed by atoms with Crippen LogP contribution < -0.4 is 5.32 Å². The normalized spacial score (nSPS) is 25.6. The number of nitrogens with one attached hydrogen (secondary N) is 1. The number of rotatable bonds is 3. The van der Waals surface area contributed by atoms with E-state index in [9.17, 15) is 9.59 Å². The monoisotopic (exact) mass is 341 g/mol. The molecule has 2 aliphatic rings. The molecule has 0 unspecified atom stereocenters. The minimum atomic E-state index is -0.472. The van der Waals surface area contributed by atoms with Crippen molar-refractivity contribution in [2.24, 2.45) is 5.92 Å². The van der Waals surface area contributed by atoms with Crippen LogP contribution in [-0.4, -0.2) is 58.2 Å². The summed E-state index contributed by atoms with van der Waals surface area (Å²) in [5, 5.41) is 3.50. The van der Waals surface area contributed by atoms with Crippen LogP contribution in [0.1, 0.15) is 47.0 Å². The number of nitrogens with zero attached hydrogens (tertiary/aromatic N) is 2. The van der Waals surface area contributed by atoms with E-state index in [1.54, 1.807) is 9.80 Å². The van der Waals surface area contributed by atoms with E-state index in [0.717, 1.165) is 25.8 Å². The van der Waals surface area contributed by atoms with Crippen molar-refractivity contribution in [2.75, 3.05) is 19.6 Å². The summed E-state index contributed by atoms with van der Waals surface area (Å²) in [6.45, 7) is 9.49. The summed E-state index contributed by atoms with van der Waals surface area (Å²) in [7, 11) is 0. The first-order valence-electron chi connectivity index (χ1n) is 8.27. The number of ether oxygens (including phenoxy) is 1. The minimum absolute atomic E-state index is 0.0369. The van der Waals surface area contributed by atoms with Crippen LogP contribution >= 0.6 is 12.2 Å². The number of piperidine rings is 1. The van der Waals surface area contributed by atoms with Crippen LogP contribution in [0.4, 0.5) is 4.79 Å². The van der Waals surface area contributed by atoms with Gasteiger partial charge in [0.1, 0.15) is 11.6 Å². The first kappa shape index (κ1) is 18.0. The van der Waals surface area contributed by atoms with E-state index >= 15 is 0 Å². The van der Waals surface area contributed by atoms with Gasteiger partial charge in [0, 0.05) is 19.6 Å². The molecule has 1 N–H and O–H groups in total. The number of hydrogen-bond acceptors (Lipinski definition) is 4. The summed E-state index contributed by atoms with van der Waals surface area (Å²) in [5.41, 5.74) is -0.472. The second kappa shape index (κ2) is 7.03. The maximum Gasteiger partial charge on any atom is 0.410 e. The molecule has 0 saturated carbocycles.